The summed E-state index contributed by atoms with van der Waals surface area (Å²) in [5, 5.41) is 10.1. The van der Waals surface area contributed by atoms with Gasteiger partial charge in [0.15, 0.2) is 0 Å². The van der Waals surface area contributed by atoms with Gasteiger partial charge in [-0.25, -0.2) is 0 Å². The maximum Gasteiger partial charge on any atom is 0.0903 e. The summed E-state index contributed by atoms with van der Waals surface area (Å²) in [5.74, 6) is 0.590. The van der Waals surface area contributed by atoms with E-state index < -0.39 is 5.60 Å². The molecule has 1 fully saturated rings. The van der Waals surface area contributed by atoms with Gasteiger partial charge in [0.1, 0.15) is 0 Å². The molecule has 0 aromatic carbocycles. The zero-order valence-corrected chi connectivity index (χ0v) is 9.59. The number of rotatable bonds is 2. The monoisotopic (exact) mass is 185 g/mol. The van der Waals surface area contributed by atoms with Crippen molar-refractivity contribution in [2.45, 2.75) is 52.2 Å². The molecule has 13 heavy (non-hydrogen) atoms. The van der Waals surface area contributed by atoms with Crippen molar-refractivity contribution in [2.24, 2.45) is 5.92 Å². The molecule has 0 saturated carbocycles. The minimum atomic E-state index is -0.401. The highest BCUT2D eigenvalue weighted by atomic mass is 16.3. The molecule has 2 nitrogen and oxygen atoms in total. The zero-order chi connectivity index (χ0) is 10.3. The summed E-state index contributed by atoms with van der Waals surface area (Å²) in [5.41, 5.74) is -0.190. The first-order valence-corrected chi connectivity index (χ1v) is 5.20. The number of hydrogen-bond acceptors (Lipinski definition) is 2. The summed E-state index contributed by atoms with van der Waals surface area (Å²) in [6.07, 6.45) is 0.930. The summed E-state index contributed by atoms with van der Waals surface area (Å²) >= 11 is 0. The molecule has 78 valence electrons. The SMILES string of the molecule is CC(C)CC1(O)CN(C(C)(C)C)C1. The predicted octanol–water partition coefficient (Wildman–Crippen LogP) is 1.88. The van der Waals surface area contributed by atoms with E-state index in [0.29, 0.717) is 5.92 Å². The van der Waals surface area contributed by atoms with Crippen LogP contribution in [0.3, 0.4) is 0 Å². The average Bonchev–Trinajstić information content (AvgIpc) is 1.78. The van der Waals surface area contributed by atoms with Crippen LogP contribution in [0.1, 0.15) is 41.0 Å². The zero-order valence-electron chi connectivity index (χ0n) is 9.59. The first-order chi connectivity index (χ1) is 5.73. The molecule has 0 aliphatic carbocycles. The fourth-order valence-electron chi connectivity index (χ4n) is 2.03. The molecule has 0 bridgehead atoms. The van der Waals surface area contributed by atoms with Crippen LogP contribution in [0.4, 0.5) is 0 Å². The largest absolute Gasteiger partial charge is 0.387 e. The highest BCUT2D eigenvalue weighted by Gasteiger charge is 2.45. The Balaban J connectivity index is 2.39. The van der Waals surface area contributed by atoms with Crippen LogP contribution in [0.2, 0.25) is 0 Å². The molecule has 0 atom stereocenters. The van der Waals surface area contributed by atoms with E-state index in [1.54, 1.807) is 0 Å². The first-order valence-electron chi connectivity index (χ1n) is 5.20. The van der Waals surface area contributed by atoms with E-state index in [4.69, 9.17) is 0 Å². The third kappa shape index (κ3) is 2.68. The van der Waals surface area contributed by atoms with Crippen LogP contribution < -0.4 is 0 Å². The molecular weight excluding hydrogens is 162 g/mol. The van der Waals surface area contributed by atoms with Gasteiger partial charge in [-0.2, -0.15) is 0 Å². The highest BCUT2D eigenvalue weighted by molar-refractivity contribution is 5.00. The topological polar surface area (TPSA) is 23.5 Å². The van der Waals surface area contributed by atoms with E-state index in [0.717, 1.165) is 19.5 Å². The van der Waals surface area contributed by atoms with Gasteiger partial charge in [-0.3, -0.25) is 4.90 Å². The molecular formula is C11H23NO. The van der Waals surface area contributed by atoms with E-state index >= 15 is 0 Å². The van der Waals surface area contributed by atoms with Gasteiger partial charge in [0.25, 0.3) is 0 Å². The lowest BCUT2D eigenvalue weighted by Crippen LogP contribution is -2.67. The molecule has 0 aromatic rings. The Morgan fingerprint density at radius 1 is 1.31 bits per heavy atom. The van der Waals surface area contributed by atoms with E-state index in [1.165, 1.54) is 0 Å². The molecule has 0 radical (unpaired) electrons. The molecule has 0 spiro atoms. The Hall–Kier alpha value is -0.0800. The van der Waals surface area contributed by atoms with Crippen LogP contribution in [0.25, 0.3) is 0 Å². The van der Waals surface area contributed by atoms with Gasteiger partial charge in [-0.15, -0.1) is 0 Å². The second kappa shape index (κ2) is 3.25. The maximum absolute atomic E-state index is 10.1. The molecule has 1 heterocycles. The Labute approximate surface area is 81.9 Å². The lowest BCUT2D eigenvalue weighted by molar-refractivity contribution is -0.140. The number of nitrogens with zero attached hydrogens (tertiary/aromatic N) is 1. The van der Waals surface area contributed by atoms with Crippen LogP contribution in [0, 0.1) is 5.92 Å². The molecule has 1 aliphatic rings. The third-order valence-corrected chi connectivity index (χ3v) is 2.71. The van der Waals surface area contributed by atoms with Crippen molar-refractivity contribution in [1.29, 1.82) is 0 Å². The van der Waals surface area contributed by atoms with Gasteiger partial charge in [0.2, 0.25) is 0 Å². The van der Waals surface area contributed by atoms with Crippen LogP contribution in [-0.4, -0.2) is 34.2 Å². The smallest absolute Gasteiger partial charge is 0.0903 e. The van der Waals surface area contributed by atoms with Gasteiger partial charge in [-0.1, -0.05) is 13.8 Å². The average molecular weight is 185 g/mol. The second-order valence-corrected chi connectivity index (χ2v) is 5.85. The quantitative estimate of drug-likeness (QED) is 0.710. The normalized spacial score (nSPS) is 23.3. The number of likely N-dealkylation sites (tertiary alicyclic amines) is 1. The molecule has 0 aromatic heterocycles. The van der Waals surface area contributed by atoms with Crippen molar-refractivity contribution in [3.63, 3.8) is 0 Å². The summed E-state index contributed by atoms with van der Waals surface area (Å²) in [6.45, 7) is 12.6. The Bertz CT molecular complexity index is 175. The van der Waals surface area contributed by atoms with E-state index in [1.807, 2.05) is 0 Å². The van der Waals surface area contributed by atoms with E-state index in [-0.39, 0.29) is 5.54 Å². The van der Waals surface area contributed by atoms with Gasteiger partial charge < -0.3 is 5.11 Å². The Morgan fingerprint density at radius 3 is 2.08 bits per heavy atom. The molecule has 1 saturated heterocycles. The number of aliphatic hydroxyl groups is 1. The van der Waals surface area contributed by atoms with Crippen LogP contribution >= 0.6 is 0 Å². The minimum Gasteiger partial charge on any atom is -0.387 e. The van der Waals surface area contributed by atoms with E-state index in [2.05, 4.69) is 39.5 Å². The lowest BCUT2D eigenvalue weighted by atomic mass is 9.82. The van der Waals surface area contributed by atoms with Gasteiger partial charge in [0.05, 0.1) is 5.60 Å². The van der Waals surface area contributed by atoms with Crippen LogP contribution in [0.5, 0.6) is 0 Å². The summed E-state index contributed by atoms with van der Waals surface area (Å²) in [7, 11) is 0. The van der Waals surface area contributed by atoms with E-state index in [9.17, 15) is 5.11 Å². The fourth-order valence-corrected chi connectivity index (χ4v) is 2.03. The predicted molar refractivity (Wildman–Crippen MR) is 55.7 cm³/mol. The van der Waals surface area contributed by atoms with Crippen LogP contribution in [0.15, 0.2) is 0 Å². The fraction of sp³-hybridized carbons (Fsp3) is 1.00. The molecule has 1 rings (SSSR count). The van der Waals surface area contributed by atoms with Crippen molar-refractivity contribution in [2.75, 3.05) is 13.1 Å². The van der Waals surface area contributed by atoms with Gasteiger partial charge in [0, 0.05) is 18.6 Å². The standard InChI is InChI=1S/C11H23NO/c1-9(2)6-11(13)7-12(8-11)10(3,4)5/h9,13H,6-8H2,1-5H3. The van der Waals surface area contributed by atoms with Crippen LogP contribution in [-0.2, 0) is 0 Å². The lowest BCUT2D eigenvalue weighted by Gasteiger charge is -2.53. The Morgan fingerprint density at radius 2 is 1.77 bits per heavy atom. The molecule has 1 aliphatic heterocycles. The maximum atomic E-state index is 10.1. The Kier molecular flexibility index (Phi) is 2.75. The second-order valence-electron chi connectivity index (χ2n) is 5.85. The summed E-state index contributed by atoms with van der Waals surface area (Å²) in [4.78, 5) is 2.33. The third-order valence-electron chi connectivity index (χ3n) is 2.71. The first kappa shape index (κ1) is 11.0. The highest BCUT2D eigenvalue weighted by Crippen LogP contribution is 2.32. The summed E-state index contributed by atoms with van der Waals surface area (Å²) < 4.78 is 0. The summed E-state index contributed by atoms with van der Waals surface area (Å²) in [6, 6.07) is 0. The van der Waals surface area contributed by atoms with Gasteiger partial charge in [-0.05, 0) is 33.1 Å². The number of hydrogen-bond donors (Lipinski definition) is 1. The van der Waals surface area contributed by atoms with Crippen molar-refractivity contribution < 1.29 is 5.11 Å². The van der Waals surface area contributed by atoms with Crippen molar-refractivity contribution >= 4 is 0 Å². The van der Waals surface area contributed by atoms with Crippen molar-refractivity contribution in [3.8, 4) is 0 Å². The van der Waals surface area contributed by atoms with Gasteiger partial charge >= 0.3 is 0 Å². The van der Waals surface area contributed by atoms with Crippen molar-refractivity contribution in [3.05, 3.63) is 0 Å². The minimum absolute atomic E-state index is 0.212. The molecule has 0 amide bonds. The molecule has 0 unspecified atom stereocenters. The number of β-amino-alcohol motifs (C(OH)–C–C–N with tert-alkyl or cyclic N) is 1. The molecule has 1 N–H and O–H groups in total. The van der Waals surface area contributed by atoms with Crippen molar-refractivity contribution in [1.82, 2.24) is 4.90 Å². The molecule has 2 heteroatoms.